The molecule has 0 amide bonds. The molecule has 2 aromatic carbocycles. The second kappa shape index (κ2) is 8.93. The van der Waals surface area contributed by atoms with E-state index < -0.39 is 35.7 Å². The molecular weight excluding hydrogens is 408 g/mol. The first-order valence-electron chi connectivity index (χ1n) is 9.80. The van der Waals surface area contributed by atoms with Crippen molar-refractivity contribution in [1.29, 1.82) is 0 Å². The predicted octanol–water partition coefficient (Wildman–Crippen LogP) is 3.64. The SMILES string of the molecule is CCC(=O)[O][Ti]([O]C(=O)CC)([O]C(=O)CC)[c]1cccc2c1Cc1ccccc1-2. The number of carbonyl (C=O) groups excluding carboxylic acids is 3. The molecule has 0 bridgehead atoms. The number of rotatable bonds is 7. The average Bonchev–Trinajstić information content (AvgIpc) is 3.11. The van der Waals surface area contributed by atoms with E-state index >= 15 is 0 Å². The maximum absolute atomic E-state index is 12.3. The van der Waals surface area contributed by atoms with Crippen LogP contribution in [-0.4, -0.2) is 17.9 Å². The molecule has 0 saturated heterocycles. The fraction of sp³-hybridized carbons (Fsp3) is 0.318. The number of fused-ring (bicyclic) bond motifs is 3. The number of benzene rings is 2. The Morgan fingerprint density at radius 2 is 1.28 bits per heavy atom. The monoisotopic (exact) mass is 432 g/mol. The molecule has 0 N–H and O–H groups in total. The molecule has 0 atom stereocenters. The van der Waals surface area contributed by atoms with Gasteiger partial charge in [-0.1, -0.05) is 0 Å². The molecule has 0 aromatic heterocycles. The van der Waals surface area contributed by atoms with Gasteiger partial charge >= 0.3 is 175 Å². The van der Waals surface area contributed by atoms with Crippen molar-refractivity contribution < 1.29 is 42.1 Å². The Hall–Kier alpha value is -2.44. The van der Waals surface area contributed by atoms with Gasteiger partial charge in [-0.2, -0.15) is 0 Å². The molecule has 0 unspecified atom stereocenters. The van der Waals surface area contributed by atoms with Crippen LogP contribution in [-0.2, 0) is 48.5 Å². The minimum absolute atomic E-state index is 0.0790. The topological polar surface area (TPSA) is 78.9 Å². The minimum atomic E-state index is -4.84. The summed E-state index contributed by atoms with van der Waals surface area (Å²) in [5.41, 5.74) is 4.05. The normalized spacial score (nSPS) is 12.0. The van der Waals surface area contributed by atoms with E-state index in [1.165, 1.54) is 0 Å². The summed E-state index contributed by atoms with van der Waals surface area (Å²) in [7, 11) is 0. The second-order valence-corrected chi connectivity index (χ2v) is 10.2. The van der Waals surface area contributed by atoms with Gasteiger partial charge in [0.15, 0.2) is 0 Å². The molecule has 152 valence electrons. The Kier molecular flexibility index (Phi) is 6.55. The van der Waals surface area contributed by atoms with E-state index in [4.69, 9.17) is 9.96 Å². The van der Waals surface area contributed by atoms with E-state index in [9.17, 15) is 14.4 Å². The molecule has 1 aliphatic rings. The van der Waals surface area contributed by atoms with Crippen LogP contribution in [0.25, 0.3) is 11.1 Å². The maximum atomic E-state index is 12.3. The van der Waals surface area contributed by atoms with E-state index in [2.05, 4.69) is 0 Å². The van der Waals surface area contributed by atoms with Gasteiger partial charge in [-0.15, -0.1) is 0 Å². The van der Waals surface area contributed by atoms with Crippen LogP contribution >= 0.6 is 0 Å². The van der Waals surface area contributed by atoms with Gasteiger partial charge in [-0.05, 0) is 0 Å². The van der Waals surface area contributed by atoms with Gasteiger partial charge in [0, 0.05) is 0 Å². The number of hydrogen-bond acceptors (Lipinski definition) is 6. The quantitative estimate of drug-likeness (QED) is 0.531. The van der Waals surface area contributed by atoms with Crippen molar-refractivity contribution in [2.24, 2.45) is 0 Å². The second-order valence-electron chi connectivity index (χ2n) is 6.70. The molecule has 7 heteroatoms. The van der Waals surface area contributed by atoms with Crippen LogP contribution in [0.1, 0.15) is 51.2 Å². The zero-order valence-corrected chi connectivity index (χ0v) is 18.4. The standard InChI is InChI=1S/C13H9.3C3H6O2.Ti/c1-3-7-12-10(5-1)9-11-6-2-4-8-13(11)12;3*1-2-3(4)5;/h1-5,7-8H,9H2;3*2H2,1H3,(H,4,5);/q;;;;+3/p-3. The van der Waals surface area contributed by atoms with Gasteiger partial charge in [0.25, 0.3) is 0 Å². The van der Waals surface area contributed by atoms with Crippen molar-refractivity contribution in [3.63, 3.8) is 0 Å². The van der Waals surface area contributed by atoms with Crippen LogP contribution < -0.4 is 3.87 Å². The molecule has 2 aromatic rings. The van der Waals surface area contributed by atoms with Crippen molar-refractivity contribution in [1.82, 2.24) is 0 Å². The van der Waals surface area contributed by atoms with Gasteiger partial charge in [0.2, 0.25) is 0 Å². The Bertz CT molecular complexity index is 907. The molecule has 0 radical (unpaired) electrons. The molecule has 0 fully saturated rings. The Morgan fingerprint density at radius 1 is 0.759 bits per heavy atom. The first-order chi connectivity index (χ1) is 13.9. The van der Waals surface area contributed by atoms with E-state index in [0.29, 0.717) is 10.3 Å². The van der Waals surface area contributed by atoms with Crippen LogP contribution in [0.3, 0.4) is 0 Å². The predicted molar refractivity (Wildman–Crippen MR) is 103 cm³/mol. The first kappa shape index (κ1) is 21.3. The van der Waals surface area contributed by atoms with E-state index in [-0.39, 0.29) is 19.3 Å². The number of hydrogen-bond donors (Lipinski definition) is 0. The molecule has 0 saturated carbocycles. The molecule has 0 spiro atoms. The van der Waals surface area contributed by atoms with Crippen molar-refractivity contribution in [3.8, 4) is 11.1 Å². The van der Waals surface area contributed by atoms with Crippen LogP contribution in [0.15, 0.2) is 42.5 Å². The molecule has 6 nitrogen and oxygen atoms in total. The van der Waals surface area contributed by atoms with E-state index in [0.717, 1.165) is 22.3 Å². The molecular formula is C22H24O6Ti. The molecule has 0 aliphatic heterocycles. The summed E-state index contributed by atoms with van der Waals surface area (Å²) >= 11 is -4.84. The van der Waals surface area contributed by atoms with Gasteiger partial charge < -0.3 is 0 Å². The summed E-state index contributed by atoms with van der Waals surface area (Å²) in [4.78, 5) is 36.9. The zero-order chi connectivity index (χ0) is 21.0. The van der Waals surface area contributed by atoms with Crippen molar-refractivity contribution >= 4 is 21.8 Å². The van der Waals surface area contributed by atoms with Crippen molar-refractivity contribution in [3.05, 3.63) is 53.6 Å². The molecule has 29 heavy (non-hydrogen) atoms. The third-order valence-electron chi connectivity index (χ3n) is 4.79. The van der Waals surface area contributed by atoms with E-state index in [1.807, 2.05) is 36.4 Å². The molecule has 3 rings (SSSR count). The van der Waals surface area contributed by atoms with Crippen LogP contribution in [0.4, 0.5) is 0 Å². The summed E-state index contributed by atoms with van der Waals surface area (Å²) in [6.07, 6.45) is 0.826. The third-order valence-corrected chi connectivity index (χ3v) is 8.88. The Morgan fingerprint density at radius 3 is 1.83 bits per heavy atom. The fourth-order valence-electron chi connectivity index (χ4n) is 3.34. The van der Waals surface area contributed by atoms with Gasteiger partial charge in [-0.25, -0.2) is 0 Å². The zero-order valence-electron chi connectivity index (χ0n) is 16.8. The van der Waals surface area contributed by atoms with Crippen molar-refractivity contribution in [2.75, 3.05) is 0 Å². The van der Waals surface area contributed by atoms with Gasteiger partial charge in [-0.3, -0.25) is 0 Å². The number of carbonyl (C=O) groups is 3. The third kappa shape index (κ3) is 4.28. The Labute approximate surface area is 174 Å². The first-order valence-corrected chi connectivity index (χ1v) is 12.5. The summed E-state index contributed by atoms with van der Waals surface area (Å²) in [5, 5.41) is 0. The van der Waals surface area contributed by atoms with Crippen LogP contribution in [0, 0.1) is 0 Å². The van der Waals surface area contributed by atoms with Crippen molar-refractivity contribution in [2.45, 2.75) is 46.5 Å². The van der Waals surface area contributed by atoms with E-state index in [1.54, 1.807) is 26.8 Å². The summed E-state index contributed by atoms with van der Waals surface area (Å²) < 4.78 is 17.6. The van der Waals surface area contributed by atoms with Crippen LogP contribution in [0.5, 0.6) is 0 Å². The average molecular weight is 432 g/mol. The summed E-state index contributed by atoms with van der Waals surface area (Å²) in [5.74, 6) is -1.69. The Balaban J connectivity index is 2.19. The summed E-state index contributed by atoms with van der Waals surface area (Å²) in [6.45, 7) is 4.93. The van der Waals surface area contributed by atoms with Gasteiger partial charge in [0.1, 0.15) is 0 Å². The molecule has 0 heterocycles. The molecule has 1 aliphatic carbocycles. The van der Waals surface area contributed by atoms with Gasteiger partial charge in [0.05, 0.1) is 0 Å². The fourth-order valence-corrected chi connectivity index (χ4v) is 7.52. The van der Waals surface area contributed by atoms with Crippen LogP contribution in [0.2, 0.25) is 0 Å². The summed E-state index contributed by atoms with van der Waals surface area (Å²) in [6, 6.07) is 13.5.